The molecule has 2 rings (SSSR count). The fourth-order valence-corrected chi connectivity index (χ4v) is 2.45. The molecule has 0 spiro atoms. The predicted octanol–water partition coefficient (Wildman–Crippen LogP) is 3.06. The van der Waals surface area contributed by atoms with Crippen molar-refractivity contribution in [2.75, 3.05) is 12.8 Å². The average Bonchev–Trinajstić information content (AvgIpc) is 2.42. The standard InChI is InChI=1S/C14H12F2N2OS/c1-18-14(19)8-2-4-13(11(17)6-8)20-12-5-3-9(15)7-10(12)16/h2-7H,17H2,1H3,(H,18,19). The van der Waals surface area contributed by atoms with Crippen LogP contribution in [0, 0.1) is 11.6 Å². The van der Waals surface area contributed by atoms with Gasteiger partial charge in [0.15, 0.2) is 0 Å². The van der Waals surface area contributed by atoms with E-state index in [0.717, 1.165) is 17.8 Å². The van der Waals surface area contributed by atoms with Crippen molar-refractivity contribution in [3.63, 3.8) is 0 Å². The number of nitrogens with one attached hydrogen (secondary N) is 1. The third-order valence-electron chi connectivity index (χ3n) is 2.61. The van der Waals surface area contributed by atoms with E-state index in [1.165, 1.54) is 25.2 Å². The lowest BCUT2D eigenvalue weighted by Crippen LogP contribution is -2.17. The topological polar surface area (TPSA) is 55.1 Å². The maximum atomic E-state index is 13.6. The summed E-state index contributed by atoms with van der Waals surface area (Å²) in [5.74, 6) is -1.53. The van der Waals surface area contributed by atoms with Crippen LogP contribution in [0.1, 0.15) is 10.4 Å². The van der Waals surface area contributed by atoms with Crippen molar-refractivity contribution in [3.8, 4) is 0 Å². The van der Waals surface area contributed by atoms with Gasteiger partial charge in [0.05, 0.1) is 0 Å². The Morgan fingerprint density at radius 1 is 1.15 bits per heavy atom. The van der Waals surface area contributed by atoms with Crippen LogP contribution in [0.3, 0.4) is 0 Å². The predicted molar refractivity (Wildman–Crippen MR) is 74.7 cm³/mol. The zero-order valence-electron chi connectivity index (χ0n) is 10.6. The first-order valence-corrected chi connectivity index (χ1v) is 6.57. The van der Waals surface area contributed by atoms with Crippen LogP contribution >= 0.6 is 11.8 Å². The number of nitrogen functional groups attached to an aromatic ring is 1. The van der Waals surface area contributed by atoms with Crippen LogP contribution < -0.4 is 11.1 Å². The highest BCUT2D eigenvalue weighted by molar-refractivity contribution is 7.99. The van der Waals surface area contributed by atoms with Crippen molar-refractivity contribution in [3.05, 3.63) is 53.6 Å². The summed E-state index contributed by atoms with van der Waals surface area (Å²) in [7, 11) is 1.52. The molecule has 3 N–H and O–H groups in total. The van der Waals surface area contributed by atoms with Gasteiger partial charge in [-0.1, -0.05) is 11.8 Å². The second kappa shape index (κ2) is 5.92. The molecule has 6 heteroatoms. The Kier molecular flexibility index (Phi) is 4.24. The third kappa shape index (κ3) is 3.08. The Balaban J connectivity index is 2.28. The fraction of sp³-hybridized carbons (Fsp3) is 0.0714. The van der Waals surface area contributed by atoms with Gasteiger partial charge in [-0.25, -0.2) is 8.78 Å². The lowest BCUT2D eigenvalue weighted by molar-refractivity contribution is 0.0963. The van der Waals surface area contributed by atoms with Gasteiger partial charge in [-0.05, 0) is 30.3 Å². The summed E-state index contributed by atoms with van der Waals surface area (Å²) in [5.41, 5.74) is 6.63. The van der Waals surface area contributed by atoms with Gasteiger partial charge in [-0.3, -0.25) is 4.79 Å². The molecule has 0 radical (unpaired) electrons. The van der Waals surface area contributed by atoms with Crippen LogP contribution in [0.15, 0.2) is 46.2 Å². The van der Waals surface area contributed by atoms with E-state index < -0.39 is 11.6 Å². The molecule has 0 atom stereocenters. The molecular formula is C14H12F2N2OS. The minimum Gasteiger partial charge on any atom is -0.398 e. The molecule has 1 amide bonds. The van der Waals surface area contributed by atoms with Crippen LogP contribution in [0.5, 0.6) is 0 Å². The van der Waals surface area contributed by atoms with Gasteiger partial charge < -0.3 is 11.1 Å². The smallest absolute Gasteiger partial charge is 0.251 e. The van der Waals surface area contributed by atoms with Crippen LogP contribution in [-0.4, -0.2) is 13.0 Å². The number of nitrogens with two attached hydrogens (primary N) is 1. The first kappa shape index (κ1) is 14.3. The normalized spacial score (nSPS) is 10.3. The summed E-state index contributed by atoms with van der Waals surface area (Å²) in [6.45, 7) is 0. The molecule has 2 aromatic carbocycles. The zero-order valence-corrected chi connectivity index (χ0v) is 11.4. The van der Waals surface area contributed by atoms with Crippen LogP contribution in [0.2, 0.25) is 0 Å². The van der Waals surface area contributed by atoms with Crippen molar-refractivity contribution >= 4 is 23.4 Å². The van der Waals surface area contributed by atoms with Gasteiger partial charge in [0.2, 0.25) is 0 Å². The first-order chi connectivity index (χ1) is 9.51. The second-order valence-corrected chi connectivity index (χ2v) is 5.09. The highest BCUT2D eigenvalue weighted by atomic mass is 32.2. The van der Waals surface area contributed by atoms with Crippen LogP contribution in [0.4, 0.5) is 14.5 Å². The maximum absolute atomic E-state index is 13.6. The number of hydrogen-bond acceptors (Lipinski definition) is 3. The molecule has 2 aromatic rings. The van der Waals surface area contributed by atoms with Crippen molar-refractivity contribution < 1.29 is 13.6 Å². The molecule has 0 unspecified atom stereocenters. The summed E-state index contributed by atoms with van der Waals surface area (Å²) in [6.07, 6.45) is 0. The molecular weight excluding hydrogens is 282 g/mol. The van der Waals surface area contributed by atoms with Gasteiger partial charge in [0.25, 0.3) is 5.91 Å². The summed E-state index contributed by atoms with van der Waals surface area (Å²) in [4.78, 5) is 12.3. The Hall–Kier alpha value is -2.08. The van der Waals surface area contributed by atoms with Crippen molar-refractivity contribution in [2.24, 2.45) is 0 Å². The SMILES string of the molecule is CNC(=O)c1ccc(Sc2ccc(F)cc2F)c(N)c1. The summed E-state index contributed by atoms with van der Waals surface area (Å²) in [6, 6.07) is 8.09. The third-order valence-corrected chi connectivity index (χ3v) is 3.76. The molecule has 20 heavy (non-hydrogen) atoms. The zero-order chi connectivity index (χ0) is 14.7. The lowest BCUT2D eigenvalue weighted by Gasteiger charge is -2.08. The fourth-order valence-electron chi connectivity index (χ4n) is 1.60. The monoisotopic (exact) mass is 294 g/mol. The van der Waals surface area contributed by atoms with E-state index >= 15 is 0 Å². The van der Waals surface area contributed by atoms with Gasteiger partial charge in [0, 0.05) is 34.2 Å². The lowest BCUT2D eigenvalue weighted by atomic mass is 10.2. The molecule has 0 aliphatic carbocycles. The van der Waals surface area contributed by atoms with Gasteiger partial charge >= 0.3 is 0 Å². The van der Waals surface area contributed by atoms with Crippen LogP contribution in [0.25, 0.3) is 0 Å². The molecule has 0 aliphatic rings. The minimum absolute atomic E-state index is 0.249. The van der Waals surface area contributed by atoms with Crippen molar-refractivity contribution in [1.29, 1.82) is 0 Å². The number of rotatable bonds is 3. The van der Waals surface area contributed by atoms with Gasteiger partial charge in [0.1, 0.15) is 11.6 Å². The Morgan fingerprint density at radius 3 is 2.45 bits per heavy atom. The van der Waals surface area contributed by atoms with E-state index in [-0.39, 0.29) is 10.8 Å². The van der Waals surface area contributed by atoms with E-state index in [2.05, 4.69) is 5.32 Å². The van der Waals surface area contributed by atoms with Crippen molar-refractivity contribution in [1.82, 2.24) is 5.32 Å². The Morgan fingerprint density at radius 2 is 1.85 bits per heavy atom. The largest absolute Gasteiger partial charge is 0.398 e. The molecule has 0 saturated carbocycles. The van der Waals surface area contributed by atoms with Gasteiger partial charge in [-0.2, -0.15) is 0 Å². The molecule has 0 aliphatic heterocycles. The first-order valence-electron chi connectivity index (χ1n) is 5.76. The summed E-state index contributed by atoms with van der Waals surface area (Å²) < 4.78 is 26.4. The Labute approximate surface area is 119 Å². The number of amides is 1. The highest BCUT2D eigenvalue weighted by Crippen LogP contribution is 2.34. The number of carbonyl (C=O) groups excluding carboxylic acids is 1. The maximum Gasteiger partial charge on any atom is 0.251 e. The number of carbonyl (C=O) groups is 1. The van der Waals surface area contributed by atoms with E-state index in [0.29, 0.717) is 16.1 Å². The second-order valence-electron chi connectivity index (χ2n) is 4.01. The highest BCUT2D eigenvalue weighted by Gasteiger charge is 2.10. The van der Waals surface area contributed by atoms with Crippen molar-refractivity contribution in [2.45, 2.75) is 9.79 Å². The molecule has 0 heterocycles. The van der Waals surface area contributed by atoms with E-state index in [1.54, 1.807) is 12.1 Å². The molecule has 0 saturated heterocycles. The Bertz CT molecular complexity index is 662. The molecule has 0 aromatic heterocycles. The minimum atomic E-state index is -0.648. The number of hydrogen-bond donors (Lipinski definition) is 2. The van der Waals surface area contributed by atoms with Gasteiger partial charge in [-0.15, -0.1) is 0 Å². The molecule has 0 fully saturated rings. The van der Waals surface area contributed by atoms with E-state index in [1.807, 2.05) is 0 Å². The number of benzene rings is 2. The molecule has 3 nitrogen and oxygen atoms in total. The molecule has 104 valence electrons. The quantitative estimate of drug-likeness (QED) is 0.855. The summed E-state index contributed by atoms with van der Waals surface area (Å²) >= 11 is 1.08. The number of halogens is 2. The van der Waals surface area contributed by atoms with E-state index in [4.69, 9.17) is 5.73 Å². The van der Waals surface area contributed by atoms with Crippen LogP contribution in [-0.2, 0) is 0 Å². The summed E-state index contributed by atoms with van der Waals surface area (Å²) in [5, 5.41) is 2.49. The molecule has 0 bridgehead atoms. The number of anilines is 1. The average molecular weight is 294 g/mol. The van der Waals surface area contributed by atoms with E-state index in [9.17, 15) is 13.6 Å².